The van der Waals surface area contributed by atoms with Crippen molar-refractivity contribution in [2.45, 2.75) is 0 Å². The van der Waals surface area contributed by atoms with Crippen molar-refractivity contribution in [1.29, 1.82) is 0 Å². The molecule has 84 valence electrons. The van der Waals surface area contributed by atoms with Gasteiger partial charge in [0.1, 0.15) is 0 Å². The fraction of sp³-hybridized carbons (Fsp3) is 0. The molecule has 7 heteroatoms. The molecule has 0 atom stereocenters. The van der Waals surface area contributed by atoms with Gasteiger partial charge in [0.15, 0.2) is 0 Å². The number of halogens is 1. The summed E-state index contributed by atoms with van der Waals surface area (Å²) >= 11 is 5.82. The molecule has 0 unspecified atom stereocenters. The standard InChI is InChI=1S/C10H7ClN6/c11-8-1-3-9(4-2-8)17-6-7(5-12-17)10-13-15-16-14-10/h1-6H,(H,13,14,15,16). The lowest BCUT2D eigenvalue weighted by atomic mass is 10.3. The van der Waals surface area contributed by atoms with E-state index in [9.17, 15) is 0 Å². The Morgan fingerprint density at radius 1 is 1.18 bits per heavy atom. The first-order valence-corrected chi connectivity index (χ1v) is 5.25. The number of tetrazole rings is 1. The van der Waals surface area contributed by atoms with E-state index in [1.54, 1.807) is 10.9 Å². The number of benzene rings is 1. The van der Waals surface area contributed by atoms with Crippen LogP contribution in [0.25, 0.3) is 17.1 Å². The number of hydrogen-bond donors (Lipinski definition) is 1. The van der Waals surface area contributed by atoms with E-state index in [4.69, 9.17) is 11.6 Å². The fourth-order valence-electron chi connectivity index (χ4n) is 1.46. The third kappa shape index (κ3) is 1.90. The van der Waals surface area contributed by atoms with Crippen LogP contribution in [0.5, 0.6) is 0 Å². The van der Waals surface area contributed by atoms with Gasteiger partial charge in [-0.15, -0.1) is 10.2 Å². The Hall–Kier alpha value is -2.21. The fourth-order valence-corrected chi connectivity index (χ4v) is 1.58. The highest BCUT2D eigenvalue weighted by molar-refractivity contribution is 6.30. The van der Waals surface area contributed by atoms with Gasteiger partial charge in [-0.25, -0.2) is 4.68 Å². The molecule has 2 aromatic heterocycles. The lowest BCUT2D eigenvalue weighted by Crippen LogP contribution is -1.92. The highest BCUT2D eigenvalue weighted by Gasteiger charge is 2.06. The molecule has 0 saturated heterocycles. The molecule has 2 heterocycles. The molecule has 0 bridgehead atoms. The van der Waals surface area contributed by atoms with E-state index < -0.39 is 0 Å². The summed E-state index contributed by atoms with van der Waals surface area (Å²) in [5, 5.41) is 18.6. The third-order valence-electron chi connectivity index (χ3n) is 2.28. The normalized spacial score (nSPS) is 10.6. The van der Waals surface area contributed by atoms with Crippen molar-refractivity contribution in [3.05, 3.63) is 41.7 Å². The monoisotopic (exact) mass is 246 g/mol. The van der Waals surface area contributed by atoms with E-state index in [1.165, 1.54) is 0 Å². The highest BCUT2D eigenvalue weighted by Crippen LogP contribution is 2.16. The number of H-pyrrole nitrogens is 1. The second-order valence-corrected chi connectivity index (χ2v) is 3.82. The van der Waals surface area contributed by atoms with Crippen LogP contribution in [-0.2, 0) is 0 Å². The molecule has 1 N–H and O–H groups in total. The van der Waals surface area contributed by atoms with Gasteiger partial charge < -0.3 is 0 Å². The molecular formula is C10H7ClN6. The smallest absolute Gasteiger partial charge is 0.207 e. The zero-order valence-corrected chi connectivity index (χ0v) is 9.33. The molecule has 3 aromatic rings. The molecule has 1 aromatic carbocycles. The Morgan fingerprint density at radius 3 is 2.71 bits per heavy atom. The summed E-state index contributed by atoms with van der Waals surface area (Å²) in [6, 6.07) is 7.39. The molecule has 17 heavy (non-hydrogen) atoms. The van der Waals surface area contributed by atoms with Gasteiger partial charge in [-0.1, -0.05) is 11.6 Å². The van der Waals surface area contributed by atoms with Crippen LogP contribution < -0.4 is 0 Å². The van der Waals surface area contributed by atoms with Crippen LogP contribution in [0.3, 0.4) is 0 Å². The predicted octanol–water partition coefficient (Wildman–Crippen LogP) is 1.71. The Labute approximate surface area is 101 Å². The highest BCUT2D eigenvalue weighted by atomic mass is 35.5. The van der Waals surface area contributed by atoms with E-state index in [2.05, 4.69) is 25.7 Å². The van der Waals surface area contributed by atoms with Gasteiger partial charge in [0.25, 0.3) is 0 Å². The molecule has 6 nitrogen and oxygen atoms in total. The van der Waals surface area contributed by atoms with Crippen LogP contribution in [0.4, 0.5) is 0 Å². The summed E-state index contributed by atoms with van der Waals surface area (Å²) < 4.78 is 1.72. The summed E-state index contributed by atoms with van der Waals surface area (Å²) in [5.41, 5.74) is 1.72. The topological polar surface area (TPSA) is 72.3 Å². The number of aromatic nitrogens is 6. The zero-order valence-electron chi connectivity index (χ0n) is 8.58. The van der Waals surface area contributed by atoms with Crippen molar-refractivity contribution in [2.24, 2.45) is 0 Å². The Morgan fingerprint density at radius 2 is 2.00 bits per heavy atom. The minimum absolute atomic E-state index is 0.519. The van der Waals surface area contributed by atoms with Gasteiger partial charge >= 0.3 is 0 Å². The largest absolute Gasteiger partial charge is 0.240 e. The quantitative estimate of drug-likeness (QED) is 0.747. The number of rotatable bonds is 2. The molecule has 0 aliphatic carbocycles. The molecule has 3 rings (SSSR count). The van der Waals surface area contributed by atoms with Gasteiger partial charge in [-0.2, -0.15) is 10.3 Å². The van der Waals surface area contributed by atoms with Crippen LogP contribution in [-0.4, -0.2) is 30.4 Å². The van der Waals surface area contributed by atoms with Gasteiger partial charge in [-0.3, -0.25) is 0 Å². The first-order chi connectivity index (χ1) is 8.33. The molecule has 0 aliphatic heterocycles. The number of nitrogens with zero attached hydrogens (tertiary/aromatic N) is 5. The molecule has 0 fully saturated rings. The van der Waals surface area contributed by atoms with Crippen molar-refractivity contribution in [2.75, 3.05) is 0 Å². The summed E-state index contributed by atoms with van der Waals surface area (Å²) in [6.45, 7) is 0. The van der Waals surface area contributed by atoms with Crippen LogP contribution in [0.2, 0.25) is 5.02 Å². The average Bonchev–Trinajstić information content (AvgIpc) is 3.00. The van der Waals surface area contributed by atoms with Crippen LogP contribution in [0.15, 0.2) is 36.7 Å². The maximum absolute atomic E-state index is 5.82. The molecule has 0 aliphatic rings. The summed E-state index contributed by atoms with van der Waals surface area (Å²) in [7, 11) is 0. The van der Waals surface area contributed by atoms with Gasteiger partial charge in [0.2, 0.25) is 5.82 Å². The maximum Gasteiger partial charge on any atom is 0.207 e. The van der Waals surface area contributed by atoms with Gasteiger partial charge in [0.05, 0.1) is 17.4 Å². The van der Waals surface area contributed by atoms with Crippen molar-refractivity contribution >= 4 is 11.6 Å². The average molecular weight is 247 g/mol. The van der Waals surface area contributed by atoms with Crippen LogP contribution in [0, 0.1) is 0 Å². The van der Waals surface area contributed by atoms with Crippen molar-refractivity contribution in [1.82, 2.24) is 30.4 Å². The first kappa shape index (κ1) is 9.98. The molecule has 0 radical (unpaired) electrons. The Kier molecular flexibility index (Phi) is 2.34. The van der Waals surface area contributed by atoms with E-state index in [0.29, 0.717) is 10.8 Å². The number of hydrogen-bond acceptors (Lipinski definition) is 4. The van der Waals surface area contributed by atoms with E-state index in [-0.39, 0.29) is 0 Å². The predicted molar refractivity (Wildman–Crippen MR) is 61.7 cm³/mol. The van der Waals surface area contributed by atoms with E-state index >= 15 is 0 Å². The van der Waals surface area contributed by atoms with Crippen molar-refractivity contribution in [3.63, 3.8) is 0 Å². The molecular weight excluding hydrogens is 240 g/mol. The maximum atomic E-state index is 5.82. The summed E-state index contributed by atoms with van der Waals surface area (Å²) in [4.78, 5) is 0. The summed E-state index contributed by atoms with van der Waals surface area (Å²) in [5.74, 6) is 0.519. The molecule has 0 saturated carbocycles. The molecule has 0 amide bonds. The minimum atomic E-state index is 0.519. The lowest BCUT2D eigenvalue weighted by Gasteiger charge is -1.99. The van der Waals surface area contributed by atoms with Gasteiger partial charge in [0, 0.05) is 11.2 Å². The van der Waals surface area contributed by atoms with E-state index in [0.717, 1.165) is 11.3 Å². The second-order valence-electron chi connectivity index (χ2n) is 3.39. The zero-order chi connectivity index (χ0) is 11.7. The van der Waals surface area contributed by atoms with Crippen molar-refractivity contribution < 1.29 is 0 Å². The Balaban J connectivity index is 1.98. The van der Waals surface area contributed by atoms with E-state index in [1.807, 2.05) is 30.5 Å². The van der Waals surface area contributed by atoms with Crippen molar-refractivity contribution in [3.8, 4) is 17.1 Å². The van der Waals surface area contributed by atoms with Crippen LogP contribution >= 0.6 is 11.6 Å². The summed E-state index contributed by atoms with van der Waals surface area (Å²) in [6.07, 6.45) is 3.51. The first-order valence-electron chi connectivity index (χ1n) is 4.87. The number of nitrogens with one attached hydrogen (secondary N) is 1. The molecule has 0 spiro atoms. The van der Waals surface area contributed by atoms with Crippen LogP contribution in [0.1, 0.15) is 0 Å². The van der Waals surface area contributed by atoms with Gasteiger partial charge in [-0.05, 0) is 29.5 Å². The second kappa shape index (κ2) is 3.99. The lowest BCUT2D eigenvalue weighted by molar-refractivity contribution is 0.880. The number of aromatic amines is 1. The SMILES string of the molecule is Clc1ccc(-n2cc(-c3nn[nH]n3)cn2)cc1. The third-order valence-corrected chi connectivity index (χ3v) is 2.53. The minimum Gasteiger partial charge on any atom is -0.240 e. The Bertz CT molecular complexity index is 613.